The number of hydrogen-bond acceptors (Lipinski definition) is 2. The first-order valence-corrected chi connectivity index (χ1v) is 6.74. The fraction of sp³-hybridized carbons (Fsp3) is 0.538. The van der Waals surface area contributed by atoms with Crippen LogP contribution in [0, 0.1) is 0 Å². The van der Waals surface area contributed by atoms with E-state index in [0.717, 1.165) is 11.0 Å². The summed E-state index contributed by atoms with van der Waals surface area (Å²) in [4.78, 5) is 2.58. The van der Waals surface area contributed by atoms with Crippen molar-refractivity contribution in [2.75, 3.05) is 26.7 Å². The van der Waals surface area contributed by atoms with Gasteiger partial charge in [0.25, 0.3) is 0 Å². The molecule has 0 aromatic heterocycles. The minimum absolute atomic E-state index is 0.528. The molecule has 1 atom stereocenters. The van der Waals surface area contributed by atoms with Gasteiger partial charge in [-0.1, -0.05) is 28.1 Å². The quantitative estimate of drug-likeness (QED) is 0.914. The normalized spacial score (nSPS) is 18.9. The van der Waals surface area contributed by atoms with E-state index in [1.807, 2.05) is 7.05 Å². The molecule has 2 rings (SSSR count). The second-order valence-electron chi connectivity index (χ2n) is 4.37. The van der Waals surface area contributed by atoms with Gasteiger partial charge in [0.1, 0.15) is 0 Å². The molecule has 1 unspecified atom stereocenters. The number of benzene rings is 1. The number of hydrogen-bond donors (Lipinski definition) is 1. The summed E-state index contributed by atoms with van der Waals surface area (Å²) in [7, 11) is 2.03. The van der Waals surface area contributed by atoms with Crippen molar-refractivity contribution in [1.82, 2.24) is 10.2 Å². The summed E-state index contributed by atoms with van der Waals surface area (Å²) in [5, 5.41) is 3.30. The van der Waals surface area contributed by atoms with Crippen molar-refractivity contribution >= 4 is 15.9 Å². The van der Waals surface area contributed by atoms with Crippen molar-refractivity contribution in [2.45, 2.75) is 18.9 Å². The Kier molecular flexibility index (Phi) is 4.38. The molecule has 16 heavy (non-hydrogen) atoms. The van der Waals surface area contributed by atoms with Crippen molar-refractivity contribution in [3.8, 4) is 0 Å². The zero-order chi connectivity index (χ0) is 11.4. The molecule has 3 heteroatoms. The molecule has 1 heterocycles. The van der Waals surface area contributed by atoms with Crippen LogP contribution in [0.2, 0.25) is 0 Å². The van der Waals surface area contributed by atoms with E-state index in [4.69, 9.17) is 0 Å². The Bertz CT molecular complexity index is 317. The molecule has 0 amide bonds. The summed E-state index contributed by atoms with van der Waals surface area (Å²) < 4.78 is 1.15. The zero-order valence-electron chi connectivity index (χ0n) is 9.75. The minimum Gasteiger partial charge on any atom is -0.318 e. The van der Waals surface area contributed by atoms with Crippen molar-refractivity contribution in [3.05, 3.63) is 34.3 Å². The maximum absolute atomic E-state index is 3.49. The third-order valence-electron chi connectivity index (χ3n) is 3.23. The van der Waals surface area contributed by atoms with Gasteiger partial charge in [0, 0.05) is 17.1 Å². The molecule has 1 aromatic rings. The number of likely N-dealkylation sites (tertiary alicyclic amines) is 1. The lowest BCUT2D eigenvalue weighted by molar-refractivity contribution is 0.242. The standard InChI is InChI=1S/C13H19BrN2/c1-15-10-13(16-8-2-3-9-16)11-4-6-12(14)7-5-11/h4-7,13,15H,2-3,8-10H2,1H3. The average Bonchev–Trinajstić information content (AvgIpc) is 2.81. The Morgan fingerprint density at radius 1 is 1.25 bits per heavy atom. The highest BCUT2D eigenvalue weighted by Crippen LogP contribution is 2.25. The van der Waals surface area contributed by atoms with Crippen LogP contribution in [0.5, 0.6) is 0 Å². The predicted octanol–water partition coefficient (Wildman–Crippen LogP) is 2.81. The van der Waals surface area contributed by atoms with Crippen molar-refractivity contribution in [3.63, 3.8) is 0 Å². The van der Waals surface area contributed by atoms with E-state index in [9.17, 15) is 0 Å². The van der Waals surface area contributed by atoms with Crippen LogP contribution in [-0.2, 0) is 0 Å². The van der Waals surface area contributed by atoms with Gasteiger partial charge in [-0.2, -0.15) is 0 Å². The summed E-state index contributed by atoms with van der Waals surface area (Å²) in [6.07, 6.45) is 2.69. The SMILES string of the molecule is CNCC(c1ccc(Br)cc1)N1CCCC1. The van der Waals surface area contributed by atoms with Crippen LogP contribution in [0.25, 0.3) is 0 Å². The fourth-order valence-electron chi connectivity index (χ4n) is 2.39. The maximum Gasteiger partial charge on any atom is 0.0472 e. The van der Waals surface area contributed by atoms with Crippen molar-refractivity contribution in [1.29, 1.82) is 0 Å². The number of rotatable bonds is 4. The molecule has 0 saturated carbocycles. The Morgan fingerprint density at radius 2 is 1.88 bits per heavy atom. The number of likely N-dealkylation sites (N-methyl/N-ethyl adjacent to an activating group) is 1. The first-order chi connectivity index (χ1) is 7.81. The van der Waals surface area contributed by atoms with Gasteiger partial charge in [-0.15, -0.1) is 0 Å². The number of halogens is 1. The third-order valence-corrected chi connectivity index (χ3v) is 3.76. The molecule has 1 aliphatic heterocycles. The lowest BCUT2D eigenvalue weighted by atomic mass is 10.1. The van der Waals surface area contributed by atoms with Gasteiger partial charge in [-0.05, 0) is 50.7 Å². The molecule has 88 valence electrons. The van der Waals surface area contributed by atoms with Gasteiger partial charge in [0.15, 0.2) is 0 Å². The van der Waals surface area contributed by atoms with Gasteiger partial charge in [-0.25, -0.2) is 0 Å². The molecule has 1 aromatic carbocycles. The van der Waals surface area contributed by atoms with Crippen LogP contribution >= 0.6 is 15.9 Å². The van der Waals surface area contributed by atoms with Crippen LogP contribution in [0.1, 0.15) is 24.4 Å². The van der Waals surface area contributed by atoms with Crippen LogP contribution in [0.4, 0.5) is 0 Å². The highest BCUT2D eigenvalue weighted by atomic mass is 79.9. The summed E-state index contributed by atoms with van der Waals surface area (Å²) >= 11 is 3.49. The summed E-state index contributed by atoms with van der Waals surface area (Å²) in [5.41, 5.74) is 1.42. The molecule has 1 aliphatic rings. The fourth-order valence-corrected chi connectivity index (χ4v) is 2.65. The van der Waals surface area contributed by atoms with Gasteiger partial charge < -0.3 is 5.32 Å². The number of nitrogens with zero attached hydrogens (tertiary/aromatic N) is 1. The highest BCUT2D eigenvalue weighted by molar-refractivity contribution is 9.10. The minimum atomic E-state index is 0.528. The van der Waals surface area contributed by atoms with Crippen LogP contribution < -0.4 is 5.32 Å². The highest BCUT2D eigenvalue weighted by Gasteiger charge is 2.22. The van der Waals surface area contributed by atoms with Gasteiger partial charge in [0.05, 0.1) is 0 Å². The molecule has 0 bridgehead atoms. The number of nitrogens with one attached hydrogen (secondary N) is 1. The van der Waals surface area contributed by atoms with Gasteiger partial charge >= 0.3 is 0 Å². The van der Waals surface area contributed by atoms with Crippen LogP contribution in [0.15, 0.2) is 28.7 Å². The lowest BCUT2D eigenvalue weighted by Crippen LogP contribution is -2.32. The lowest BCUT2D eigenvalue weighted by Gasteiger charge is -2.27. The van der Waals surface area contributed by atoms with E-state index in [0.29, 0.717) is 6.04 Å². The molecular formula is C13H19BrN2. The summed E-state index contributed by atoms with van der Waals surface area (Å²) in [6.45, 7) is 3.51. The molecule has 1 fully saturated rings. The van der Waals surface area contributed by atoms with Gasteiger partial charge in [0.2, 0.25) is 0 Å². The molecule has 2 nitrogen and oxygen atoms in total. The summed E-state index contributed by atoms with van der Waals surface area (Å²) in [6, 6.07) is 9.25. The first kappa shape index (κ1) is 12.1. The zero-order valence-corrected chi connectivity index (χ0v) is 11.3. The van der Waals surface area contributed by atoms with E-state index in [1.165, 1.54) is 31.5 Å². The smallest absolute Gasteiger partial charge is 0.0472 e. The summed E-state index contributed by atoms with van der Waals surface area (Å²) in [5.74, 6) is 0. The maximum atomic E-state index is 3.49. The second-order valence-corrected chi connectivity index (χ2v) is 5.28. The molecule has 0 spiro atoms. The van der Waals surface area contributed by atoms with Gasteiger partial charge in [-0.3, -0.25) is 4.90 Å². The van der Waals surface area contributed by atoms with E-state index >= 15 is 0 Å². The first-order valence-electron chi connectivity index (χ1n) is 5.95. The second kappa shape index (κ2) is 5.80. The van der Waals surface area contributed by atoms with E-state index in [2.05, 4.69) is 50.4 Å². The Labute approximate surface area is 106 Å². The van der Waals surface area contributed by atoms with Crippen molar-refractivity contribution < 1.29 is 0 Å². The Balaban J connectivity index is 2.14. The van der Waals surface area contributed by atoms with Crippen LogP contribution in [0.3, 0.4) is 0 Å². The Morgan fingerprint density at radius 3 is 2.44 bits per heavy atom. The van der Waals surface area contributed by atoms with Crippen molar-refractivity contribution in [2.24, 2.45) is 0 Å². The van der Waals surface area contributed by atoms with E-state index in [-0.39, 0.29) is 0 Å². The molecule has 1 saturated heterocycles. The topological polar surface area (TPSA) is 15.3 Å². The average molecular weight is 283 g/mol. The molecule has 1 N–H and O–H groups in total. The van der Waals surface area contributed by atoms with E-state index < -0.39 is 0 Å². The largest absolute Gasteiger partial charge is 0.318 e. The van der Waals surface area contributed by atoms with Crippen LogP contribution in [-0.4, -0.2) is 31.6 Å². The molecule has 0 aliphatic carbocycles. The van der Waals surface area contributed by atoms with E-state index in [1.54, 1.807) is 0 Å². The monoisotopic (exact) mass is 282 g/mol. The molecular weight excluding hydrogens is 264 g/mol. The predicted molar refractivity (Wildman–Crippen MR) is 71.6 cm³/mol. The Hall–Kier alpha value is -0.380. The molecule has 0 radical (unpaired) electrons. The third kappa shape index (κ3) is 2.84.